The molecule has 0 unspecified atom stereocenters. The van der Waals surface area contributed by atoms with E-state index in [9.17, 15) is 23.3 Å². The normalized spacial score (nSPS) is 10.9. The van der Waals surface area contributed by atoms with Crippen LogP contribution >= 0.6 is 11.8 Å². The number of nitrogens with zero attached hydrogens (tertiary/aromatic N) is 2. The van der Waals surface area contributed by atoms with Gasteiger partial charge in [-0.05, 0) is 47.5 Å². The van der Waals surface area contributed by atoms with Crippen LogP contribution in [0, 0.1) is 21.4 Å². The van der Waals surface area contributed by atoms with E-state index in [0.717, 1.165) is 35.2 Å². The van der Waals surface area contributed by atoms with Crippen molar-refractivity contribution in [2.75, 3.05) is 12.0 Å². The summed E-state index contributed by atoms with van der Waals surface area (Å²) >= 11 is 0.888. The molecule has 0 radical (unpaired) electrons. The zero-order valence-electron chi connectivity index (χ0n) is 16.7. The Bertz CT molecular complexity index is 1310. The van der Waals surface area contributed by atoms with E-state index in [4.69, 9.17) is 10.00 Å². The summed E-state index contributed by atoms with van der Waals surface area (Å²) in [6, 6.07) is 19.4. The van der Waals surface area contributed by atoms with Gasteiger partial charge in [-0.25, -0.2) is 8.42 Å². The van der Waals surface area contributed by atoms with E-state index in [2.05, 4.69) is 6.07 Å². The van der Waals surface area contributed by atoms with Crippen molar-refractivity contribution in [3.05, 3.63) is 82.4 Å². The van der Waals surface area contributed by atoms with Gasteiger partial charge in [0.15, 0.2) is 9.84 Å². The first-order valence-electron chi connectivity index (χ1n) is 9.10. The van der Waals surface area contributed by atoms with Gasteiger partial charge in [-0.1, -0.05) is 24.3 Å². The van der Waals surface area contributed by atoms with Crippen LogP contribution in [0.15, 0.2) is 76.5 Å². The maximum atomic E-state index is 12.2. The summed E-state index contributed by atoms with van der Waals surface area (Å²) in [5.41, 5.74) is 1.95. The number of sulfone groups is 1. The molecule has 0 aromatic heterocycles. The molecule has 0 aliphatic heterocycles. The van der Waals surface area contributed by atoms with Crippen molar-refractivity contribution in [3.8, 4) is 22.9 Å². The molecule has 0 amide bonds. The number of ether oxygens (including phenoxy) is 1. The molecule has 0 aliphatic carbocycles. The molecule has 0 atom stereocenters. The highest BCUT2D eigenvalue weighted by atomic mass is 32.2. The highest BCUT2D eigenvalue weighted by Crippen LogP contribution is 2.32. The molecule has 3 rings (SSSR count). The van der Waals surface area contributed by atoms with Crippen molar-refractivity contribution in [2.45, 2.75) is 9.79 Å². The first-order valence-corrected chi connectivity index (χ1v) is 12.0. The van der Waals surface area contributed by atoms with Crippen molar-refractivity contribution >= 4 is 33.3 Å². The summed E-state index contributed by atoms with van der Waals surface area (Å²) in [5, 5.41) is 20.2. The first-order chi connectivity index (χ1) is 15.2. The topological polar surface area (TPSA) is 127 Å². The molecule has 162 valence electrons. The quantitative estimate of drug-likeness (QED) is 0.166. The zero-order valence-corrected chi connectivity index (χ0v) is 18.4. The van der Waals surface area contributed by atoms with Crippen LogP contribution in [-0.2, 0) is 14.6 Å². The standard InChI is InChI=1S/C22H16N2O6S2/c1-32(28,29)19-10-11-21(20(12-19)24(26)27)31-14-22(25)30-18-8-6-17(7-9-18)16-4-2-15(13-23)3-5-16/h2-12H,14H2,1H3. The first kappa shape index (κ1) is 23.0. The van der Waals surface area contributed by atoms with E-state index in [1.165, 1.54) is 12.1 Å². The fourth-order valence-corrected chi connectivity index (χ4v) is 4.16. The molecule has 0 aliphatic rings. The summed E-state index contributed by atoms with van der Waals surface area (Å²) in [6.45, 7) is 0. The van der Waals surface area contributed by atoms with Gasteiger partial charge >= 0.3 is 5.97 Å². The Balaban J connectivity index is 1.65. The number of nitro groups is 1. The Morgan fingerprint density at radius 3 is 2.19 bits per heavy atom. The summed E-state index contributed by atoms with van der Waals surface area (Å²) in [6.07, 6.45) is 0.961. The Kier molecular flexibility index (Phi) is 6.92. The van der Waals surface area contributed by atoms with Gasteiger partial charge in [0, 0.05) is 12.3 Å². The predicted octanol–water partition coefficient (Wildman–Crippen LogP) is 4.23. The van der Waals surface area contributed by atoms with Crippen LogP contribution in [0.5, 0.6) is 5.75 Å². The SMILES string of the molecule is CS(=O)(=O)c1ccc(SCC(=O)Oc2ccc(-c3ccc(C#N)cc3)cc2)c([N+](=O)[O-])c1. The Morgan fingerprint density at radius 2 is 1.66 bits per heavy atom. The second kappa shape index (κ2) is 9.64. The average molecular weight is 469 g/mol. The molecule has 0 saturated heterocycles. The lowest BCUT2D eigenvalue weighted by molar-refractivity contribution is -0.388. The summed E-state index contributed by atoms with van der Waals surface area (Å²) in [5.74, 6) is -0.492. The van der Waals surface area contributed by atoms with Crippen molar-refractivity contribution in [1.29, 1.82) is 5.26 Å². The van der Waals surface area contributed by atoms with Crippen molar-refractivity contribution < 1.29 is 22.9 Å². The van der Waals surface area contributed by atoms with E-state index in [1.54, 1.807) is 36.4 Å². The molecule has 0 saturated carbocycles. The number of thioether (sulfide) groups is 1. The minimum absolute atomic E-state index is 0.163. The lowest BCUT2D eigenvalue weighted by Crippen LogP contribution is -2.11. The Labute approximate surface area is 188 Å². The van der Waals surface area contributed by atoms with Crippen LogP contribution in [-0.4, -0.2) is 31.3 Å². The van der Waals surface area contributed by atoms with Gasteiger partial charge in [-0.2, -0.15) is 5.26 Å². The van der Waals surface area contributed by atoms with E-state index >= 15 is 0 Å². The molecule has 0 heterocycles. The van der Waals surface area contributed by atoms with Crippen LogP contribution in [0.4, 0.5) is 5.69 Å². The van der Waals surface area contributed by atoms with Crippen LogP contribution in [0.3, 0.4) is 0 Å². The van der Waals surface area contributed by atoms with Gasteiger partial charge in [-0.15, -0.1) is 11.8 Å². The molecule has 32 heavy (non-hydrogen) atoms. The fraction of sp³-hybridized carbons (Fsp3) is 0.0909. The van der Waals surface area contributed by atoms with Gasteiger partial charge < -0.3 is 4.74 Å². The molecule has 0 spiro atoms. The highest BCUT2D eigenvalue weighted by Gasteiger charge is 2.20. The van der Waals surface area contributed by atoms with Crippen molar-refractivity contribution in [1.82, 2.24) is 0 Å². The number of nitriles is 1. The highest BCUT2D eigenvalue weighted by molar-refractivity contribution is 8.00. The molecule has 8 nitrogen and oxygen atoms in total. The monoisotopic (exact) mass is 468 g/mol. The minimum atomic E-state index is -3.59. The number of benzene rings is 3. The fourth-order valence-electron chi connectivity index (χ4n) is 2.74. The number of esters is 1. The van der Waals surface area contributed by atoms with Gasteiger partial charge in [-0.3, -0.25) is 14.9 Å². The molecule has 0 fully saturated rings. The van der Waals surface area contributed by atoms with E-state index in [-0.39, 0.29) is 15.5 Å². The van der Waals surface area contributed by atoms with Crippen LogP contribution < -0.4 is 4.74 Å². The van der Waals surface area contributed by atoms with Gasteiger partial charge in [0.25, 0.3) is 5.69 Å². The third-order valence-corrected chi connectivity index (χ3v) is 6.48. The van der Waals surface area contributed by atoms with E-state index in [0.29, 0.717) is 11.3 Å². The average Bonchev–Trinajstić information content (AvgIpc) is 2.77. The van der Waals surface area contributed by atoms with Gasteiger partial charge in [0.05, 0.1) is 32.1 Å². The lowest BCUT2D eigenvalue weighted by atomic mass is 10.0. The molecule has 10 heteroatoms. The van der Waals surface area contributed by atoms with Gasteiger partial charge in [0.2, 0.25) is 0 Å². The minimum Gasteiger partial charge on any atom is -0.426 e. The second-order valence-electron chi connectivity index (χ2n) is 6.64. The Morgan fingerprint density at radius 1 is 1.06 bits per heavy atom. The largest absolute Gasteiger partial charge is 0.426 e. The summed E-state index contributed by atoms with van der Waals surface area (Å²) in [7, 11) is -3.59. The van der Waals surface area contributed by atoms with Crippen LogP contribution in [0.2, 0.25) is 0 Å². The maximum absolute atomic E-state index is 12.2. The summed E-state index contributed by atoms with van der Waals surface area (Å²) in [4.78, 5) is 22.8. The molecular formula is C22H16N2O6S2. The third-order valence-electron chi connectivity index (χ3n) is 4.33. The number of hydrogen-bond acceptors (Lipinski definition) is 8. The molecular weight excluding hydrogens is 452 g/mol. The lowest BCUT2D eigenvalue weighted by Gasteiger charge is -2.07. The van der Waals surface area contributed by atoms with Crippen molar-refractivity contribution in [3.63, 3.8) is 0 Å². The number of nitro benzene ring substituents is 1. The van der Waals surface area contributed by atoms with E-state index < -0.39 is 26.4 Å². The maximum Gasteiger partial charge on any atom is 0.321 e. The van der Waals surface area contributed by atoms with Gasteiger partial charge in [0.1, 0.15) is 5.75 Å². The number of carbonyl (C=O) groups excluding carboxylic acids is 1. The van der Waals surface area contributed by atoms with E-state index in [1.807, 2.05) is 12.1 Å². The molecule has 3 aromatic rings. The zero-order chi connectivity index (χ0) is 23.3. The third kappa shape index (κ3) is 5.72. The predicted molar refractivity (Wildman–Crippen MR) is 119 cm³/mol. The number of rotatable bonds is 7. The second-order valence-corrected chi connectivity index (χ2v) is 9.67. The molecule has 0 N–H and O–H groups in total. The Hall–Kier alpha value is -3.68. The molecule has 0 bridgehead atoms. The molecule has 3 aromatic carbocycles. The van der Waals surface area contributed by atoms with Crippen LogP contribution in [0.25, 0.3) is 11.1 Å². The number of hydrogen-bond donors (Lipinski definition) is 0. The summed E-state index contributed by atoms with van der Waals surface area (Å²) < 4.78 is 28.5. The van der Waals surface area contributed by atoms with Crippen molar-refractivity contribution in [2.24, 2.45) is 0 Å². The number of carbonyl (C=O) groups is 1. The van der Waals surface area contributed by atoms with Crippen LogP contribution in [0.1, 0.15) is 5.56 Å². The smallest absolute Gasteiger partial charge is 0.321 e.